The van der Waals surface area contributed by atoms with Crippen molar-refractivity contribution in [2.45, 2.75) is 13.5 Å². The van der Waals surface area contributed by atoms with Crippen molar-refractivity contribution in [3.8, 4) is 17.3 Å². The Bertz CT molecular complexity index is 1870. The summed E-state index contributed by atoms with van der Waals surface area (Å²) in [6.45, 7) is 2.35. The molecular formula is C31H21Cl2N3O3. The monoisotopic (exact) mass is 553 g/mol. The highest BCUT2D eigenvalue weighted by Gasteiger charge is 2.17. The predicted octanol–water partition coefficient (Wildman–Crippen LogP) is 7.89. The first-order valence-corrected chi connectivity index (χ1v) is 12.9. The van der Waals surface area contributed by atoms with E-state index in [0.717, 1.165) is 10.9 Å². The van der Waals surface area contributed by atoms with E-state index in [-0.39, 0.29) is 11.4 Å². The summed E-state index contributed by atoms with van der Waals surface area (Å²) in [7, 11) is 0. The van der Waals surface area contributed by atoms with Crippen LogP contribution in [0.4, 0.5) is 0 Å². The number of ether oxygens (including phenoxy) is 1. The van der Waals surface area contributed by atoms with Crippen LogP contribution in [0.1, 0.15) is 16.7 Å². The number of halogens is 2. The zero-order valence-corrected chi connectivity index (χ0v) is 22.3. The number of nitrogens with zero attached hydrogens (tertiary/aromatic N) is 3. The second-order valence-electron chi connectivity index (χ2n) is 9.05. The number of furan rings is 1. The molecule has 0 amide bonds. The lowest BCUT2D eigenvalue weighted by Crippen LogP contribution is -2.20. The van der Waals surface area contributed by atoms with Gasteiger partial charge in [-0.25, -0.2) is 4.98 Å². The summed E-state index contributed by atoms with van der Waals surface area (Å²) in [5.74, 6) is 1.08. The van der Waals surface area contributed by atoms with E-state index < -0.39 is 0 Å². The Morgan fingerprint density at radius 1 is 0.949 bits per heavy atom. The molecule has 6 aromatic rings. The molecule has 39 heavy (non-hydrogen) atoms. The minimum atomic E-state index is -0.331. The molecule has 0 unspecified atom stereocenters. The van der Waals surface area contributed by atoms with E-state index >= 15 is 0 Å². The van der Waals surface area contributed by atoms with Crippen LogP contribution in [-0.2, 0) is 6.61 Å². The lowest BCUT2D eigenvalue weighted by atomic mass is 10.2. The molecule has 0 aliphatic heterocycles. The van der Waals surface area contributed by atoms with Crippen molar-refractivity contribution in [3.63, 3.8) is 0 Å². The van der Waals surface area contributed by atoms with Gasteiger partial charge in [0.2, 0.25) is 5.82 Å². The van der Waals surface area contributed by atoms with Gasteiger partial charge in [-0.15, -0.1) is 0 Å². The summed E-state index contributed by atoms with van der Waals surface area (Å²) in [6, 6.07) is 27.9. The second kappa shape index (κ2) is 10.4. The van der Waals surface area contributed by atoms with Gasteiger partial charge in [0.05, 0.1) is 27.2 Å². The summed E-state index contributed by atoms with van der Waals surface area (Å²) < 4.78 is 13.1. The smallest absolute Gasteiger partial charge is 0.282 e. The summed E-state index contributed by atoms with van der Waals surface area (Å²) in [4.78, 5) is 18.2. The van der Waals surface area contributed by atoms with Crippen LogP contribution in [0.25, 0.3) is 33.5 Å². The molecule has 0 radical (unpaired) electrons. The molecule has 0 spiro atoms. The molecule has 0 N–H and O–H groups in total. The standard InChI is InChI=1S/C31H21Cl2N3O3/c1-19-10-12-20(13-11-19)18-38-29-24(32)14-21(15-25(29)33)17-34-36-30(28-16-22-6-2-5-9-27(22)39-28)35-26-8-4-3-7-23(26)31(36)37/h2-17H,18H2,1H3. The van der Waals surface area contributed by atoms with Gasteiger partial charge >= 0.3 is 0 Å². The van der Waals surface area contributed by atoms with Crippen LogP contribution in [0.2, 0.25) is 10.0 Å². The quantitative estimate of drug-likeness (QED) is 0.196. The highest BCUT2D eigenvalue weighted by Crippen LogP contribution is 2.34. The van der Waals surface area contributed by atoms with Gasteiger partial charge in [0.25, 0.3) is 5.56 Å². The number of aromatic nitrogens is 2. The number of benzene rings is 4. The van der Waals surface area contributed by atoms with Crippen LogP contribution >= 0.6 is 23.2 Å². The Labute approximate surface area is 233 Å². The first-order valence-electron chi connectivity index (χ1n) is 12.2. The largest absolute Gasteiger partial charge is 0.486 e. The minimum Gasteiger partial charge on any atom is -0.486 e. The molecule has 192 valence electrons. The third-order valence-corrected chi connectivity index (χ3v) is 6.81. The van der Waals surface area contributed by atoms with Gasteiger partial charge in [-0.05, 0) is 54.4 Å². The molecule has 0 fully saturated rings. The number of hydrogen-bond donors (Lipinski definition) is 0. The molecular weight excluding hydrogens is 533 g/mol. The third kappa shape index (κ3) is 5.04. The number of rotatable bonds is 6. The van der Waals surface area contributed by atoms with Gasteiger partial charge in [-0.2, -0.15) is 9.78 Å². The lowest BCUT2D eigenvalue weighted by Gasteiger charge is -2.11. The Morgan fingerprint density at radius 2 is 1.67 bits per heavy atom. The molecule has 6 rings (SSSR count). The van der Waals surface area contributed by atoms with E-state index in [1.165, 1.54) is 16.5 Å². The van der Waals surface area contributed by atoms with Gasteiger partial charge in [0.15, 0.2) is 11.5 Å². The first-order chi connectivity index (χ1) is 19.0. The molecule has 0 aliphatic carbocycles. The highest BCUT2D eigenvalue weighted by atomic mass is 35.5. The van der Waals surface area contributed by atoms with Crippen molar-refractivity contribution >= 4 is 51.3 Å². The molecule has 2 aromatic heterocycles. The maximum atomic E-state index is 13.5. The van der Waals surface area contributed by atoms with Crippen LogP contribution in [-0.4, -0.2) is 15.9 Å². The Balaban J connectivity index is 1.37. The first kappa shape index (κ1) is 24.9. The Morgan fingerprint density at radius 3 is 2.44 bits per heavy atom. The Hall–Kier alpha value is -4.39. The van der Waals surface area contributed by atoms with Crippen molar-refractivity contribution in [3.05, 3.63) is 128 Å². The van der Waals surface area contributed by atoms with E-state index in [2.05, 4.69) is 5.10 Å². The molecule has 8 heteroatoms. The molecule has 0 aliphatic rings. The highest BCUT2D eigenvalue weighted by molar-refractivity contribution is 6.37. The minimum absolute atomic E-state index is 0.279. The fourth-order valence-electron chi connectivity index (χ4n) is 4.24. The van der Waals surface area contributed by atoms with Gasteiger partial charge in [-0.1, -0.05) is 83.4 Å². The topological polar surface area (TPSA) is 69.6 Å². The molecule has 4 aromatic carbocycles. The van der Waals surface area contributed by atoms with E-state index in [9.17, 15) is 4.79 Å². The zero-order chi connectivity index (χ0) is 26.9. The number of fused-ring (bicyclic) bond motifs is 2. The Kier molecular flexibility index (Phi) is 6.65. The predicted molar refractivity (Wildman–Crippen MR) is 156 cm³/mol. The van der Waals surface area contributed by atoms with Crippen molar-refractivity contribution < 1.29 is 9.15 Å². The van der Waals surface area contributed by atoms with E-state index in [0.29, 0.717) is 50.2 Å². The normalized spacial score (nSPS) is 11.6. The summed E-state index contributed by atoms with van der Waals surface area (Å²) >= 11 is 13.0. The van der Waals surface area contributed by atoms with Crippen LogP contribution in [0.5, 0.6) is 5.75 Å². The maximum Gasteiger partial charge on any atom is 0.282 e. The average molecular weight is 554 g/mol. The van der Waals surface area contributed by atoms with E-state index in [1.807, 2.05) is 67.6 Å². The molecule has 2 heterocycles. The van der Waals surface area contributed by atoms with Crippen molar-refractivity contribution in [2.75, 3.05) is 0 Å². The third-order valence-electron chi connectivity index (χ3n) is 6.25. The maximum absolute atomic E-state index is 13.5. The van der Waals surface area contributed by atoms with Crippen LogP contribution < -0.4 is 10.3 Å². The molecule has 0 saturated heterocycles. The number of aryl methyl sites for hydroxylation is 1. The molecule has 0 saturated carbocycles. The van der Waals surface area contributed by atoms with Gasteiger partial charge in [0, 0.05) is 5.39 Å². The molecule has 0 bridgehead atoms. The van der Waals surface area contributed by atoms with Gasteiger partial charge < -0.3 is 9.15 Å². The van der Waals surface area contributed by atoms with Crippen LogP contribution in [0.3, 0.4) is 0 Å². The molecule has 6 nitrogen and oxygen atoms in total. The molecule has 0 atom stereocenters. The SMILES string of the molecule is Cc1ccc(COc2c(Cl)cc(C=Nn3c(-c4cc5ccccc5o4)nc4ccccc4c3=O)cc2Cl)cc1. The lowest BCUT2D eigenvalue weighted by molar-refractivity contribution is 0.306. The zero-order valence-electron chi connectivity index (χ0n) is 20.8. The van der Waals surface area contributed by atoms with Crippen molar-refractivity contribution in [2.24, 2.45) is 5.10 Å². The van der Waals surface area contributed by atoms with E-state index in [4.69, 9.17) is 37.3 Å². The summed E-state index contributed by atoms with van der Waals surface area (Å²) in [5, 5.41) is 6.48. The van der Waals surface area contributed by atoms with Gasteiger partial charge in [-0.3, -0.25) is 4.79 Å². The van der Waals surface area contributed by atoms with Crippen LogP contribution in [0, 0.1) is 6.92 Å². The average Bonchev–Trinajstić information content (AvgIpc) is 3.37. The summed E-state index contributed by atoms with van der Waals surface area (Å²) in [5.41, 5.74) is 3.66. The van der Waals surface area contributed by atoms with E-state index in [1.54, 1.807) is 30.3 Å². The van der Waals surface area contributed by atoms with Gasteiger partial charge in [0.1, 0.15) is 12.2 Å². The van der Waals surface area contributed by atoms with Crippen molar-refractivity contribution in [1.82, 2.24) is 9.66 Å². The number of para-hydroxylation sites is 2. The van der Waals surface area contributed by atoms with Crippen LogP contribution in [0.15, 0.2) is 105 Å². The number of hydrogen-bond acceptors (Lipinski definition) is 5. The fraction of sp³-hybridized carbons (Fsp3) is 0.0645. The fourth-order valence-corrected chi connectivity index (χ4v) is 4.85. The summed E-state index contributed by atoms with van der Waals surface area (Å²) in [6.07, 6.45) is 1.51. The second-order valence-corrected chi connectivity index (χ2v) is 9.86. The van der Waals surface area contributed by atoms with Crippen molar-refractivity contribution in [1.29, 1.82) is 0 Å².